The third-order valence-electron chi connectivity index (χ3n) is 4.37. The van der Waals surface area contributed by atoms with E-state index in [0.29, 0.717) is 43.2 Å². The predicted molar refractivity (Wildman–Crippen MR) is 105 cm³/mol. The Bertz CT molecular complexity index is 663. The van der Waals surface area contributed by atoms with E-state index in [9.17, 15) is 14.4 Å². The molecule has 1 N–H and O–H groups in total. The Hall–Kier alpha value is -1.73. The summed E-state index contributed by atoms with van der Waals surface area (Å²) < 4.78 is 0. The summed E-state index contributed by atoms with van der Waals surface area (Å²) in [6.45, 7) is 3.54. The lowest BCUT2D eigenvalue weighted by molar-refractivity contribution is -0.139. The van der Waals surface area contributed by atoms with E-state index < -0.39 is 6.04 Å². The van der Waals surface area contributed by atoms with Crippen LogP contribution in [0.5, 0.6) is 0 Å². The lowest BCUT2D eigenvalue weighted by atomic mass is 10.1. The molecule has 3 amide bonds. The summed E-state index contributed by atoms with van der Waals surface area (Å²) in [5.74, 6) is 0.315. The van der Waals surface area contributed by atoms with Crippen molar-refractivity contribution in [2.45, 2.75) is 19.4 Å². The van der Waals surface area contributed by atoms with Crippen LogP contribution in [0.25, 0.3) is 0 Å². The van der Waals surface area contributed by atoms with Gasteiger partial charge in [0, 0.05) is 33.1 Å². The normalized spacial score (nSPS) is 15.5. The molecule has 1 fully saturated rings. The molecule has 0 spiro atoms. The molecule has 0 saturated carbocycles. The molecule has 1 aromatic carbocycles. The van der Waals surface area contributed by atoms with Gasteiger partial charge in [0.05, 0.1) is 10.6 Å². The van der Waals surface area contributed by atoms with E-state index >= 15 is 0 Å². The number of benzene rings is 1. The second-order valence-corrected chi connectivity index (χ2v) is 7.51. The minimum absolute atomic E-state index is 0.0167. The van der Waals surface area contributed by atoms with Crippen molar-refractivity contribution in [3.63, 3.8) is 0 Å². The fraction of sp³-hybridized carbons (Fsp3) is 0.500. The third kappa shape index (κ3) is 5.38. The maximum Gasteiger partial charge on any atom is 0.253 e. The van der Waals surface area contributed by atoms with E-state index in [-0.39, 0.29) is 17.7 Å². The lowest BCUT2D eigenvalue weighted by Crippen LogP contribution is -2.55. The summed E-state index contributed by atoms with van der Waals surface area (Å²) in [4.78, 5) is 40.3. The molecule has 0 unspecified atom stereocenters. The van der Waals surface area contributed by atoms with Gasteiger partial charge in [-0.15, -0.1) is 0 Å². The molecule has 1 atom stereocenters. The van der Waals surface area contributed by atoms with Crippen LogP contribution in [-0.2, 0) is 9.59 Å². The van der Waals surface area contributed by atoms with Crippen molar-refractivity contribution in [1.29, 1.82) is 0 Å². The zero-order chi connectivity index (χ0) is 19.1. The highest BCUT2D eigenvalue weighted by atomic mass is 35.5. The predicted octanol–water partition coefficient (Wildman–Crippen LogP) is 1.88. The monoisotopic (exact) mass is 397 g/mol. The smallest absolute Gasteiger partial charge is 0.253 e. The number of hydrogen-bond donors (Lipinski definition) is 1. The van der Waals surface area contributed by atoms with E-state index in [4.69, 9.17) is 11.6 Å². The van der Waals surface area contributed by atoms with Crippen molar-refractivity contribution < 1.29 is 14.4 Å². The molecule has 1 aliphatic rings. The maximum atomic E-state index is 12.9. The first kappa shape index (κ1) is 20.6. The summed E-state index contributed by atoms with van der Waals surface area (Å²) in [6.07, 6.45) is 2.51. The SMILES string of the molecule is CSCC[C@H](NC(=O)c1ccccc1Cl)C(=O)N1CCN(C(C)=O)CC1. The molecule has 0 bridgehead atoms. The summed E-state index contributed by atoms with van der Waals surface area (Å²) in [6, 6.07) is 6.18. The maximum absolute atomic E-state index is 12.9. The highest BCUT2D eigenvalue weighted by Gasteiger charge is 2.29. The fourth-order valence-electron chi connectivity index (χ4n) is 2.84. The number of carbonyl (C=O) groups is 3. The molecule has 0 aromatic heterocycles. The first-order chi connectivity index (χ1) is 12.4. The van der Waals surface area contributed by atoms with Gasteiger partial charge in [-0.05, 0) is 30.6 Å². The molecule has 1 saturated heterocycles. The Labute approximate surface area is 163 Å². The number of nitrogens with zero attached hydrogens (tertiary/aromatic N) is 2. The van der Waals surface area contributed by atoms with Gasteiger partial charge in [-0.2, -0.15) is 11.8 Å². The molecule has 1 heterocycles. The lowest BCUT2D eigenvalue weighted by Gasteiger charge is -2.36. The van der Waals surface area contributed by atoms with Crippen LogP contribution < -0.4 is 5.32 Å². The Kier molecular flexibility index (Phi) is 7.78. The van der Waals surface area contributed by atoms with Crippen LogP contribution in [0.3, 0.4) is 0 Å². The van der Waals surface area contributed by atoms with Crippen LogP contribution in [0.2, 0.25) is 5.02 Å². The molecule has 142 valence electrons. The minimum Gasteiger partial charge on any atom is -0.340 e. The number of hydrogen-bond acceptors (Lipinski definition) is 4. The molecule has 6 nitrogen and oxygen atoms in total. The molecule has 1 aliphatic heterocycles. The van der Waals surface area contributed by atoms with Crippen molar-refractivity contribution in [3.05, 3.63) is 34.9 Å². The average Bonchev–Trinajstić information content (AvgIpc) is 2.64. The van der Waals surface area contributed by atoms with E-state index in [0.717, 1.165) is 5.75 Å². The third-order valence-corrected chi connectivity index (χ3v) is 5.34. The van der Waals surface area contributed by atoms with E-state index in [1.165, 1.54) is 6.92 Å². The molecule has 26 heavy (non-hydrogen) atoms. The number of piperazine rings is 1. The van der Waals surface area contributed by atoms with Crippen molar-refractivity contribution in [3.8, 4) is 0 Å². The van der Waals surface area contributed by atoms with Crippen LogP contribution in [0, 0.1) is 0 Å². The van der Waals surface area contributed by atoms with Gasteiger partial charge in [-0.3, -0.25) is 14.4 Å². The van der Waals surface area contributed by atoms with E-state index in [1.807, 2.05) is 6.26 Å². The molecule has 0 aliphatic carbocycles. The summed E-state index contributed by atoms with van der Waals surface area (Å²) >= 11 is 7.71. The second kappa shape index (κ2) is 9.83. The second-order valence-electron chi connectivity index (χ2n) is 6.12. The molecule has 0 radical (unpaired) electrons. The molecule has 1 aromatic rings. The summed E-state index contributed by atoms with van der Waals surface area (Å²) in [5, 5.41) is 3.19. The van der Waals surface area contributed by atoms with Crippen LogP contribution in [0.1, 0.15) is 23.7 Å². The average molecular weight is 398 g/mol. The van der Waals surface area contributed by atoms with E-state index in [1.54, 1.807) is 45.8 Å². The van der Waals surface area contributed by atoms with Crippen molar-refractivity contribution in [2.75, 3.05) is 38.2 Å². The Morgan fingerprint density at radius 1 is 1.15 bits per heavy atom. The summed E-state index contributed by atoms with van der Waals surface area (Å²) in [5.41, 5.74) is 0.359. The van der Waals surface area contributed by atoms with Crippen molar-refractivity contribution in [2.24, 2.45) is 0 Å². The van der Waals surface area contributed by atoms with Crippen LogP contribution >= 0.6 is 23.4 Å². The molecular weight excluding hydrogens is 374 g/mol. The summed E-state index contributed by atoms with van der Waals surface area (Å²) in [7, 11) is 0. The molecular formula is C18H24ClN3O3S. The van der Waals surface area contributed by atoms with Crippen LogP contribution in [0.4, 0.5) is 0 Å². The number of thioether (sulfide) groups is 1. The van der Waals surface area contributed by atoms with Gasteiger partial charge in [0.1, 0.15) is 6.04 Å². The zero-order valence-corrected chi connectivity index (χ0v) is 16.6. The van der Waals surface area contributed by atoms with Gasteiger partial charge in [-0.25, -0.2) is 0 Å². The number of nitrogens with one attached hydrogen (secondary N) is 1. The van der Waals surface area contributed by atoms with Crippen molar-refractivity contribution in [1.82, 2.24) is 15.1 Å². The topological polar surface area (TPSA) is 69.7 Å². The van der Waals surface area contributed by atoms with Gasteiger partial charge in [0.2, 0.25) is 11.8 Å². The molecule has 8 heteroatoms. The van der Waals surface area contributed by atoms with Gasteiger partial charge in [-0.1, -0.05) is 23.7 Å². The Morgan fingerprint density at radius 2 is 1.77 bits per heavy atom. The zero-order valence-electron chi connectivity index (χ0n) is 15.0. The quantitative estimate of drug-likeness (QED) is 0.795. The van der Waals surface area contributed by atoms with Crippen LogP contribution in [-0.4, -0.2) is 71.8 Å². The highest BCUT2D eigenvalue weighted by molar-refractivity contribution is 7.98. The van der Waals surface area contributed by atoms with Gasteiger partial charge in [0.15, 0.2) is 0 Å². The van der Waals surface area contributed by atoms with Gasteiger partial charge >= 0.3 is 0 Å². The number of amides is 3. The van der Waals surface area contributed by atoms with Gasteiger partial charge < -0.3 is 15.1 Å². The first-order valence-electron chi connectivity index (χ1n) is 8.52. The Morgan fingerprint density at radius 3 is 2.35 bits per heavy atom. The highest BCUT2D eigenvalue weighted by Crippen LogP contribution is 2.16. The largest absolute Gasteiger partial charge is 0.340 e. The standard InChI is InChI=1S/C18H24ClN3O3S/c1-13(23)21-8-10-22(11-9-21)18(25)16(7-12-26-2)20-17(24)14-5-3-4-6-15(14)19/h3-6,16H,7-12H2,1-2H3,(H,20,24)/t16-/m0/s1. The van der Waals surface area contributed by atoms with E-state index in [2.05, 4.69) is 5.32 Å². The number of carbonyl (C=O) groups excluding carboxylic acids is 3. The molecule has 2 rings (SSSR count). The number of rotatable bonds is 6. The Balaban J connectivity index is 2.04. The van der Waals surface area contributed by atoms with Crippen molar-refractivity contribution >= 4 is 41.1 Å². The minimum atomic E-state index is -0.602. The fourth-order valence-corrected chi connectivity index (χ4v) is 3.53. The van der Waals surface area contributed by atoms with Crippen LogP contribution in [0.15, 0.2) is 24.3 Å². The number of halogens is 1. The van der Waals surface area contributed by atoms with Gasteiger partial charge in [0.25, 0.3) is 5.91 Å². The first-order valence-corrected chi connectivity index (χ1v) is 10.3.